The first-order valence-electron chi connectivity index (χ1n) is 13.2. The number of aromatic nitrogens is 6. The Morgan fingerprint density at radius 1 is 0.486 bits per heavy atom. The fourth-order valence-electron chi connectivity index (χ4n) is 4.29. The predicted octanol–water partition coefficient (Wildman–Crippen LogP) is 7.23. The van der Waals surface area contributed by atoms with Gasteiger partial charge in [0.1, 0.15) is 0 Å². The zero-order valence-corrected chi connectivity index (χ0v) is 25.1. The van der Waals surface area contributed by atoms with Crippen molar-refractivity contribution >= 4 is 0 Å². The van der Waals surface area contributed by atoms with Crippen molar-refractivity contribution in [3.8, 4) is 0 Å². The summed E-state index contributed by atoms with van der Waals surface area (Å²) in [4.78, 5) is 0. The Bertz CT molecular complexity index is 1000. The van der Waals surface area contributed by atoms with Gasteiger partial charge < -0.3 is 0 Å². The first-order chi connectivity index (χ1) is 16.2. The minimum absolute atomic E-state index is 0.285. The van der Waals surface area contributed by atoms with E-state index in [1.165, 1.54) is 17.1 Å². The van der Waals surface area contributed by atoms with Gasteiger partial charge in [0.15, 0.2) is 0 Å². The van der Waals surface area contributed by atoms with Crippen LogP contribution in [0.25, 0.3) is 0 Å². The van der Waals surface area contributed by atoms with Gasteiger partial charge in [-0.2, -0.15) is 0 Å². The van der Waals surface area contributed by atoms with E-state index in [0.717, 1.165) is 17.1 Å². The van der Waals surface area contributed by atoms with Crippen LogP contribution in [0.3, 0.4) is 0 Å². The standard InChI is InChI=1S/C28H45N6.Cr/c1-16(2)22-13-25(19(7)8)32(29-22)28(33-26(20(9)10)14-23(30-33)17(3)4)34-27(21(11)12)15-24(31-34)18(5)6;/h13-21H,1-12H3;. The Balaban J connectivity index is 2.51. The van der Waals surface area contributed by atoms with Crippen molar-refractivity contribution in [2.24, 2.45) is 0 Å². The maximum atomic E-state index is 5.23. The molecule has 0 unspecified atom stereocenters. The van der Waals surface area contributed by atoms with Crippen LogP contribution >= 0.6 is 0 Å². The Morgan fingerprint density at radius 2 is 0.714 bits per heavy atom. The summed E-state index contributed by atoms with van der Waals surface area (Å²) in [5.41, 5.74) is 6.74. The second-order valence-corrected chi connectivity index (χ2v) is 12.6. The third-order valence-corrected chi connectivity index (χ3v) is 7.45. The Morgan fingerprint density at radius 3 is 0.886 bits per heavy atom. The molecule has 193 valence electrons. The van der Waals surface area contributed by atoms with Gasteiger partial charge in [-0.05, 0) is 0 Å². The molecule has 0 saturated carbocycles. The molecule has 0 atom stereocenters. The molecule has 0 N–H and O–H groups in total. The topological polar surface area (TPSA) is 53.5 Å². The van der Waals surface area contributed by atoms with E-state index in [4.69, 9.17) is 15.3 Å². The molecule has 35 heavy (non-hydrogen) atoms. The van der Waals surface area contributed by atoms with Gasteiger partial charge in [-0.25, -0.2) is 0 Å². The number of rotatable bonds is 9. The number of hydrogen-bond donors (Lipinski definition) is 0. The molecule has 0 aliphatic carbocycles. The normalized spacial score (nSPS) is 13.1. The molecule has 7 heteroatoms. The van der Waals surface area contributed by atoms with Crippen LogP contribution in [0.4, 0.5) is 0 Å². The van der Waals surface area contributed by atoms with E-state index in [-0.39, 0.29) is 17.8 Å². The second kappa shape index (κ2) is 10.3. The van der Waals surface area contributed by atoms with Gasteiger partial charge >= 0.3 is 221 Å². The summed E-state index contributed by atoms with van der Waals surface area (Å²) in [5, 5.41) is 15.7. The van der Waals surface area contributed by atoms with E-state index >= 15 is 0 Å². The molecule has 0 fully saturated rings. The Hall–Kier alpha value is -1.84. The molecule has 0 aliphatic rings. The molecule has 3 aromatic heterocycles. The fourth-order valence-corrected chi connectivity index (χ4v) is 4.98. The van der Waals surface area contributed by atoms with Crippen molar-refractivity contribution < 1.29 is 16.3 Å². The van der Waals surface area contributed by atoms with Crippen LogP contribution in [0.15, 0.2) is 18.2 Å². The summed E-state index contributed by atoms with van der Waals surface area (Å²) >= 11 is 3.58. The summed E-state index contributed by atoms with van der Waals surface area (Å²) < 4.78 is 5.56. The van der Waals surface area contributed by atoms with Crippen LogP contribution in [0, 0.1) is 0 Å². The van der Waals surface area contributed by atoms with Gasteiger partial charge in [0.2, 0.25) is 0 Å². The molecule has 0 saturated heterocycles. The van der Waals surface area contributed by atoms with Crippen molar-refractivity contribution in [2.75, 3.05) is 0 Å². The molecular formula is C28H45CrN6. The molecule has 0 amide bonds. The molecule has 0 radical (unpaired) electrons. The molecule has 0 spiro atoms. The van der Waals surface area contributed by atoms with Gasteiger partial charge in [0.25, 0.3) is 0 Å². The quantitative estimate of drug-likeness (QED) is 0.301. The average molecular weight is 518 g/mol. The van der Waals surface area contributed by atoms with Crippen LogP contribution in [0.1, 0.15) is 153 Å². The first kappa shape index (κ1) is 27.7. The summed E-state index contributed by atoms with van der Waals surface area (Å²) in [6, 6.07) is 6.77. The van der Waals surface area contributed by atoms with Crippen molar-refractivity contribution in [2.45, 2.75) is 123 Å². The summed E-state index contributed by atoms with van der Waals surface area (Å²) in [6.45, 7) is 26.6. The van der Waals surface area contributed by atoms with Gasteiger partial charge in [-0.3, -0.25) is 0 Å². The predicted molar refractivity (Wildman–Crippen MR) is 140 cm³/mol. The zero-order valence-electron chi connectivity index (χ0n) is 23.8. The minimum atomic E-state index is -0.897. The molecule has 6 nitrogen and oxygen atoms in total. The van der Waals surface area contributed by atoms with Gasteiger partial charge in [-0.1, -0.05) is 0 Å². The summed E-state index contributed by atoms with van der Waals surface area (Å²) in [7, 11) is 0. The molecule has 0 aromatic carbocycles. The van der Waals surface area contributed by atoms with Crippen molar-refractivity contribution in [1.82, 2.24) is 29.3 Å². The molecule has 3 aromatic rings. The Labute approximate surface area is 220 Å². The number of hydrogen-bond acceptors (Lipinski definition) is 3. The second-order valence-electron chi connectivity index (χ2n) is 11.7. The van der Waals surface area contributed by atoms with Crippen LogP contribution in [0.2, 0.25) is 0 Å². The van der Waals surface area contributed by atoms with E-state index < -0.39 is 4.65 Å². The fraction of sp³-hybridized carbons (Fsp3) is 0.679. The average Bonchev–Trinajstić information content (AvgIpc) is 3.49. The molecule has 0 bridgehead atoms. The molecule has 3 rings (SSSR count). The van der Waals surface area contributed by atoms with E-state index in [2.05, 4.69) is 132 Å². The van der Waals surface area contributed by atoms with Crippen LogP contribution in [-0.4, -0.2) is 29.3 Å². The van der Waals surface area contributed by atoms with E-state index in [9.17, 15) is 0 Å². The SMILES string of the molecule is CC(C)c1cc(C(C)C)n([C]([Cr])(n2nc(C(C)C)cc2C(C)C)n2nc(C(C)C)cc2C(C)C)n1. The van der Waals surface area contributed by atoms with E-state index in [1.807, 2.05) is 0 Å². The van der Waals surface area contributed by atoms with E-state index in [0.29, 0.717) is 17.8 Å². The summed E-state index contributed by atoms with van der Waals surface area (Å²) in [6.07, 6.45) is 0. The van der Waals surface area contributed by atoms with Crippen LogP contribution in [-0.2, 0) is 20.9 Å². The third-order valence-electron chi connectivity index (χ3n) is 6.64. The van der Waals surface area contributed by atoms with Crippen molar-refractivity contribution in [1.29, 1.82) is 0 Å². The zero-order chi connectivity index (χ0) is 26.4. The van der Waals surface area contributed by atoms with Crippen LogP contribution < -0.4 is 0 Å². The molecule has 3 heterocycles. The van der Waals surface area contributed by atoms with Gasteiger partial charge in [0, 0.05) is 0 Å². The van der Waals surface area contributed by atoms with Crippen molar-refractivity contribution in [3.63, 3.8) is 0 Å². The van der Waals surface area contributed by atoms with Crippen LogP contribution in [0.5, 0.6) is 0 Å². The van der Waals surface area contributed by atoms with Gasteiger partial charge in [0.05, 0.1) is 0 Å². The van der Waals surface area contributed by atoms with Gasteiger partial charge in [-0.15, -0.1) is 0 Å². The Kier molecular flexibility index (Phi) is 8.14. The maximum absolute atomic E-state index is 5.23. The molecule has 0 aliphatic heterocycles. The summed E-state index contributed by atoms with van der Waals surface area (Å²) in [5.74, 6) is 1.81. The van der Waals surface area contributed by atoms with Crippen molar-refractivity contribution in [3.05, 3.63) is 52.4 Å². The number of nitrogens with zero attached hydrogens (tertiary/aromatic N) is 6. The monoisotopic (exact) mass is 517 g/mol. The first-order valence-corrected chi connectivity index (χ1v) is 13.8. The van der Waals surface area contributed by atoms with E-state index in [1.54, 1.807) is 0 Å². The molecular weight excluding hydrogens is 472 g/mol. The third kappa shape index (κ3) is 5.04.